The largest absolute Gasteiger partial charge is 0.550 e. The van der Waals surface area contributed by atoms with Crippen LogP contribution in [0.2, 0.25) is 0 Å². The Balaban J connectivity index is 6.66. The van der Waals surface area contributed by atoms with Gasteiger partial charge in [-0.3, -0.25) is 0 Å². The van der Waals surface area contributed by atoms with Gasteiger partial charge in [-0.2, -0.15) is 0 Å². The summed E-state index contributed by atoms with van der Waals surface area (Å²) < 4.78 is 0. The SMILES string of the molecule is O=C([O-])CC(C(=O)[O-])(C(CC(O)CO)C(O)CO)C(CC(O)CO)C(O)CO. The molecule has 6 unspecified atom stereocenters. The third kappa shape index (κ3) is 6.60. The highest BCUT2D eigenvalue weighted by atomic mass is 16.4. The maximum absolute atomic E-state index is 12.1. The molecule has 6 atom stereocenters. The Bertz CT molecular complexity index is 458. The van der Waals surface area contributed by atoms with E-state index in [9.17, 15) is 50.4 Å². The van der Waals surface area contributed by atoms with Crippen molar-refractivity contribution in [2.45, 2.75) is 43.7 Å². The average molecular weight is 412 g/mol. The molecule has 0 heterocycles. The normalized spacial score (nSPS) is 20.4. The summed E-state index contributed by atoms with van der Waals surface area (Å²) >= 11 is 0. The van der Waals surface area contributed by atoms with Crippen LogP contribution in [0.3, 0.4) is 0 Å². The van der Waals surface area contributed by atoms with Gasteiger partial charge in [0, 0.05) is 29.2 Å². The molecule has 0 saturated heterocycles. The number of hydrogen-bond donors (Lipinski definition) is 8. The summed E-state index contributed by atoms with van der Waals surface area (Å²) in [7, 11) is 0. The van der Waals surface area contributed by atoms with Crippen LogP contribution in [0, 0.1) is 17.3 Å². The summed E-state index contributed by atoms with van der Waals surface area (Å²) in [4.78, 5) is 23.5. The van der Waals surface area contributed by atoms with Crippen LogP contribution in [-0.2, 0) is 9.59 Å². The molecule has 0 aliphatic rings. The Morgan fingerprint density at radius 3 is 1.29 bits per heavy atom. The molecular weight excluding hydrogens is 384 g/mol. The molecule has 8 N–H and O–H groups in total. The monoisotopic (exact) mass is 412 g/mol. The summed E-state index contributed by atoms with van der Waals surface area (Å²) in [6.07, 6.45) is -10.0. The molecule has 0 aromatic carbocycles. The van der Waals surface area contributed by atoms with E-state index in [4.69, 9.17) is 10.2 Å². The van der Waals surface area contributed by atoms with E-state index in [1.807, 2.05) is 0 Å². The van der Waals surface area contributed by atoms with Gasteiger partial charge < -0.3 is 60.7 Å². The van der Waals surface area contributed by atoms with Crippen molar-refractivity contribution in [2.75, 3.05) is 26.4 Å². The zero-order chi connectivity index (χ0) is 22.1. The molecule has 12 heteroatoms. The summed E-state index contributed by atoms with van der Waals surface area (Å²) in [5.74, 6) is -7.69. The first-order valence-electron chi connectivity index (χ1n) is 8.58. The van der Waals surface area contributed by atoms with Gasteiger partial charge >= 0.3 is 0 Å². The van der Waals surface area contributed by atoms with Gasteiger partial charge in [0.25, 0.3) is 0 Å². The number of hydrogen-bond acceptors (Lipinski definition) is 12. The fourth-order valence-electron chi connectivity index (χ4n) is 3.56. The van der Waals surface area contributed by atoms with Crippen LogP contribution in [0.5, 0.6) is 0 Å². The number of aliphatic hydroxyl groups is 8. The van der Waals surface area contributed by atoms with Crippen molar-refractivity contribution in [1.82, 2.24) is 0 Å². The average Bonchev–Trinajstić information content (AvgIpc) is 2.66. The Kier molecular flexibility index (Phi) is 11.6. The third-order valence-electron chi connectivity index (χ3n) is 4.92. The lowest BCUT2D eigenvalue weighted by Crippen LogP contribution is -2.61. The summed E-state index contributed by atoms with van der Waals surface area (Å²) in [6, 6.07) is 0. The molecule has 0 fully saturated rings. The van der Waals surface area contributed by atoms with Gasteiger partial charge in [0.05, 0.1) is 50.8 Å². The van der Waals surface area contributed by atoms with Gasteiger partial charge in [-0.1, -0.05) is 0 Å². The van der Waals surface area contributed by atoms with Crippen LogP contribution in [0.1, 0.15) is 19.3 Å². The highest BCUT2D eigenvalue weighted by Crippen LogP contribution is 2.47. The van der Waals surface area contributed by atoms with E-state index in [1.165, 1.54) is 0 Å². The Morgan fingerprint density at radius 2 is 1.07 bits per heavy atom. The van der Waals surface area contributed by atoms with Crippen molar-refractivity contribution in [3.63, 3.8) is 0 Å². The van der Waals surface area contributed by atoms with Gasteiger partial charge in [0.15, 0.2) is 0 Å². The number of aliphatic hydroxyl groups excluding tert-OH is 8. The van der Waals surface area contributed by atoms with Crippen molar-refractivity contribution in [3.8, 4) is 0 Å². The second kappa shape index (κ2) is 12.2. The van der Waals surface area contributed by atoms with E-state index in [2.05, 4.69) is 0 Å². The van der Waals surface area contributed by atoms with Gasteiger partial charge in [-0.25, -0.2) is 0 Å². The predicted octanol–water partition coefficient (Wildman–Crippen LogP) is -6.71. The number of carboxylic acid groups (broad SMARTS) is 2. The lowest BCUT2D eigenvalue weighted by Gasteiger charge is -2.51. The smallest absolute Gasteiger partial charge is 0.0809 e. The van der Waals surface area contributed by atoms with E-state index in [0.29, 0.717) is 0 Å². The predicted molar refractivity (Wildman–Crippen MR) is 85.6 cm³/mol. The molecule has 0 aliphatic carbocycles. The summed E-state index contributed by atoms with van der Waals surface area (Å²) in [6.45, 7) is -3.93. The molecule has 0 saturated carbocycles. The van der Waals surface area contributed by atoms with Crippen LogP contribution in [0.4, 0.5) is 0 Å². The summed E-state index contributed by atoms with van der Waals surface area (Å²) in [5.41, 5.74) is -2.75. The van der Waals surface area contributed by atoms with Crippen LogP contribution in [0.15, 0.2) is 0 Å². The van der Waals surface area contributed by atoms with Crippen molar-refractivity contribution in [1.29, 1.82) is 0 Å². The number of carbonyl (C=O) groups excluding carboxylic acids is 2. The van der Waals surface area contributed by atoms with Crippen molar-refractivity contribution >= 4 is 11.9 Å². The minimum absolute atomic E-state index is 0.733. The van der Waals surface area contributed by atoms with Gasteiger partial charge in [0.2, 0.25) is 0 Å². The quantitative estimate of drug-likeness (QED) is 0.125. The lowest BCUT2D eigenvalue weighted by atomic mass is 9.58. The highest BCUT2D eigenvalue weighted by molar-refractivity contribution is 5.80. The second-order valence-corrected chi connectivity index (χ2v) is 6.73. The molecule has 0 bridgehead atoms. The minimum Gasteiger partial charge on any atom is -0.550 e. The number of carboxylic acids is 2. The molecule has 0 aromatic heterocycles. The molecule has 0 aromatic rings. The maximum atomic E-state index is 12.1. The van der Waals surface area contributed by atoms with Crippen molar-refractivity contribution in [3.05, 3.63) is 0 Å². The first-order chi connectivity index (χ1) is 13.0. The van der Waals surface area contributed by atoms with Gasteiger partial charge in [-0.05, 0) is 19.3 Å². The summed E-state index contributed by atoms with van der Waals surface area (Å²) in [5, 5.41) is 100.0. The Labute approximate surface area is 160 Å². The lowest BCUT2D eigenvalue weighted by molar-refractivity contribution is -0.340. The maximum Gasteiger partial charge on any atom is 0.0809 e. The zero-order valence-electron chi connectivity index (χ0n) is 15.1. The molecule has 0 rings (SSSR count). The van der Waals surface area contributed by atoms with E-state index in [-0.39, 0.29) is 0 Å². The topological polar surface area (TPSA) is 242 Å². The molecule has 0 spiro atoms. The van der Waals surface area contributed by atoms with Crippen LogP contribution < -0.4 is 10.2 Å². The van der Waals surface area contributed by atoms with E-state index < -0.39 is 99.3 Å². The Hall–Kier alpha value is -1.38. The van der Waals surface area contributed by atoms with E-state index in [0.717, 1.165) is 0 Å². The highest BCUT2D eigenvalue weighted by Gasteiger charge is 2.52. The fraction of sp³-hybridized carbons (Fsp3) is 0.875. The molecule has 28 heavy (non-hydrogen) atoms. The molecular formula is C16H28O12-2. The minimum atomic E-state index is -2.75. The van der Waals surface area contributed by atoms with Crippen molar-refractivity contribution < 1.29 is 60.7 Å². The van der Waals surface area contributed by atoms with Gasteiger partial charge in [0.1, 0.15) is 0 Å². The Morgan fingerprint density at radius 1 is 0.714 bits per heavy atom. The number of rotatable bonds is 15. The van der Waals surface area contributed by atoms with Crippen LogP contribution >= 0.6 is 0 Å². The molecule has 12 nitrogen and oxygen atoms in total. The molecule has 0 aliphatic heterocycles. The first kappa shape index (κ1) is 26.6. The third-order valence-corrected chi connectivity index (χ3v) is 4.92. The first-order valence-corrected chi connectivity index (χ1v) is 8.58. The van der Waals surface area contributed by atoms with E-state index >= 15 is 0 Å². The van der Waals surface area contributed by atoms with E-state index in [1.54, 1.807) is 0 Å². The number of carbonyl (C=O) groups is 2. The molecule has 0 radical (unpaired) electrons. The van der Waals surface area contributed by atoms with Crippen LogP contribution in [0.25, 0.3) is 0 Å². The standard InChI is InChI=1S/C16H30O12/c17-4-8(21)1-10(12(23)6-19)16(15(27)28,3-14(25)26)11(13(24)7-20)2-9(22)5-18/h8-13,17-24H,1-7H2,(H,25,26)(H,27,28)/p-2. The second-order valence-electron chi connectivity index (χ2n) is 6.73. The van der Waals surface area contributed by atoms with Gasteiger partial charge in [-0.15, -0.1) is 0 Å². The molecule has 0 amide bonds. The fourth-order valence-corrected chi connectivity index (χ4v) is 3.56. The number of aliphatic carboxylic acids is 2. The zero-order valence-corrected chi connectivity index (χ0v) is 15.1. The van der Waals surface area contributed by atoms with Crippen molar-refractivity contribution in [2.24, 2.45) is 17.3 Å². The molecule has 166 valence electrons. The van der Waals surface area contributed by atoms with Crippen LogP contribution in [-0.4, -0.2) is 104 Å².